The predicted octanol–water partition coefficient (Wildman–Crippen LogP) is 2.04. The normalized spacial score (nSPS) is 11.3. The van der Waals surface area contributed by atoms with Gasteiger partial charge in [0, 0.05) is 38.3 Å². The van der Waals surface area contributed by atoms with Crippen molar-refractivity contribution in [3.05, 3.63) is 90.6 Å². The van der Waals surface area contributed by atoms with E-state index in [0.717, 1.165) is 15.9 Å². The second-order valence-corrected chi connectivity index (χ2v) is 7.79. The number of ether oxygens (including phenoxy) is 1. The van der Waals surface area contributed by atoms with Crippen molar-refractivity contribution in [3.8, 4) is 5.75 Å². The summed E-state index contributed by atoms with van der Waals surface area (Å²) in [6.45, 7) is 0.380. The van der Waals surface area contributed by atoms with Gasteiger partial charge in [-0.2, -0.15) is 10.1 Å². The van der Waals surface area contributed by atoms with Crippen molar-refractivity contribution >= 4 is 29.0 Å². The molecule has 0 spiro atoms. The van der Waals surface area contributed by atoms with Crippen LogP contribution in [0.4, 0.5) is 11.6 Å². The SMILES string of the molecule is COc1ccc(CCn2c(NN=Cc3cccc([N+](=O)[O-])c3)nc3c2c(=O)n(C)c(=O)n3C)cc1. The Bertz CT molecular complexity index is 1550. The summed E-state index contributed by atoms with van der Waals surface area (Å²) in [7, 11) is 4.55. The van der Waals surface area contributed by atoms with E-state index in [9.17, 15) is 19.7 Å². The fourth-order valence-corrected chi connectivity index (χ4v) is 3.67. The molecule has 0 unspecified atom stereocenters. The van der Waals surface area contributed by atoms with Crippen molar-refractivity contribution in [1.82, 2.24) is 18.7 Å². The van der Waals surface area contributed by atoms with Gasteiger partial charge >= 0.3 is 5.69 Å². The number of nitrogens with one attached hydrogen (secondary N) is 1. The van der Waals surface area contributed by atoms with Crippen molar-refractivity contribution in [3.63, 3.8) is 0 Å². The van der Waals surface area contributed by atoms with Crippen LogP contribution in [0.15, 0.2) is 63.2 Å². The van der Waals surface area contributed by atoms with Crippen molar-refractivity contribution in [2.45, 2.75) is 13.0 Å². The quantitative estimate of drug-likeness (QED) is 0.233. The van der Waals surface area contributed by atoms with E-state index in [-0.39, 0.29) is 22.8 Å². The second kappa shape index (κ2) is 9.63. The largest absolute Gasteiger partial charge is 0.497 e. The summed E-state index contributed by atoms with van der Waals surface area (Å²) in [6.07, 6.45) is 1.99. The number of nitro groups is 1. The van der Waals surface area contributed by atoms with Gasteiger partial charge in [-0.15, -0.1) is 0 Å². The maximum atomic E-state index is 13.0. The fraction of sp³-hybridized carbons (Fsp3) is 0.217. The zero-order valence-electron chi connectivity index (χ0n) is 19.3. The molecule has 2 aromatic heterocycles. The molecule has 4 aromatic rings. The number of non-ortho nitro benzene ring substituents is 1. The number of hydrogen-bond donors (Lipinski definition) is 1. The van der Waals surface area contributed by atoms with Crippen LogP contribution in [0.2, 0.25) is 0 Å². The first kappa shape index (κ1) is 23.4. The number of anilines is 1. The van der Waals surface area contributed by atoms with Crippen LogP contribution in [0.5, 0.6) is 5.75 Å². The molecular formula is C23H23N7O5. The van der Waals surface area contributed by atoms with E-state index in [1.165, 1.54) is 30.0 Å². The minimum Gasteiger partial charge on any atom is -0.497 e. The van der Waals surface area contributed by atoms with E-state index in [1.54, 1.807) is 30.9 Å². The number of hydrazone groups is 1. The number of fused-ring (bicyclic) bond motifs is 1. The zero-order chi connectivity index (χ0) is 25.1. The summed E-state index contributed by atoms with van der Waals surface area (Å²) in [5.41, 5.74) is 3.80. The molecule has 2 heterocycles. The van der Waals surface area contributed by atoms with Crippen molar-refractivity contribution in [2.75, 3.05) is 12.5 Å². The number of nitrogens with zero attached hydrogens (tertiary/aromatic N) is 6. The predicted molar refractivity (Wildman–Crippen MR) is 131 cm³/mol. The van der Waals surface area contributed by atoms with E-state index in [1.807, 2.05) is 24.3 Å². The molecule has 35 heavy (non-hydrogen) atoms. The van der Waals surface area contributed by atoms with Gasteiger partial charge in [-0.25, -0.2) is 10.2 Å². The van der Waals surface area contributed by atoms with Crippen molar-refractivity contribution in [2.24, 2.45) is 19.2 Å². The topological polar surface area (TPSA) is 139 Å². The van der Waals surface area contributed by atoms with E-state index in [4.69, 9.17) is 4.74 Å². The highest BCUT2D eigenvalue weighted by Gasteiger charge is 2.19. The van der Waals surface area contributed by atoms with Gasteiger partial charge < -0.3 is 9.30 Å². The minimum absolute atomic E-state index is 0.0563. The van der Waals surface area contributed by atoms with Crippen LogP contribution in [0.3, 0.4) is 0 Å². The monoisotopic (exact) mass is 477 g/mol. The van der Waals surface area contributed by atoms with E-state index in [2.05, 4.69) is 15.5 Å². The molecule has 12 heteroatoms. The fourth-order valence-electron chi connectivity index (χ4n) is 3.67. The highest BCUT2D eigenvalue weighted by molar-refractivity contribution is 5.81. The summed E-state index contributed by atoms with van der Waals surface area (Å²) >= 11 is 0. The first-order chi connectivity index (χ1) is 16.8. The van der Waals surface area contributed by atoms with Crippen LogP contribution in [-0.4, -0.2) is 36.9 Å². The molecular weight excluding hydrogens is 454 g/mol. The maximum Gasteiger partial charge on any atom is 0.332 e. The standard InChI is InChI=1S/C23H23N7O5/c1-27-20-19(21(31)28(2)23(27)32)29(12-11-15-7-9-18(35-3)10-8-15)22(25-20)26-24-14-16-5-4-6-17(13-16)30(33)34/h4-10,13-14H,11-12H2,1-3H3,(H,25,26). The van der Waals surface area contributed by atoms with Gasteiger partial charge in [0.2, 0.25) is 5.95 Å². The van der Waals surface area contributed by atoms with Gasteiger partial charge in [0.05, 0.1) is 18.2 Å². The molecule has 0 aliphatic heterocycles. The molecule has 0 radical (unpaired) electrons. The van der Waals surface area contributed by atoms with E-state index < -0.39 is 16.2 Å². The third kappa shape index (κ3) is 4.67. The van der Waals surface area contributed by atoms with Crippen LogP contribution >= 0.6 is 0 Å². The van der Waals surface area contributed by atoms with Gasteiger partial charge in [0.15, 0.2) is 11.2 Å². The summed E-state index contributed by atoms with van der Waals surface area (Å²) in [6, 6.07) is 13.6. The molecule has 180 valence electrons. The minimum atomic E-state index is -0.492. The van der Waals surface area contributed by atoms with Crippen LogP contribution in [0.25, 0.3) is 11.2 Å². The lowest BCUT2D eigenvalue weighted by Crippen LogP contribution is -2.37. The molecule has 2 aromatic carbocycles. The molecule has 0 atom stereocenters. The number of aromatic nitrogens is 4. The maximum absolute atomic E-state index is 13.0. The van der Waals surface area contributed by atoms with Crippen molar-refractivity contribution in [1.29, 1.82) is 0 Å². The third-order valence-corrected chi connectivity index (χ3v) is 5.59. The second-order valence-electron chi connectivity index (χ2n) is 7.79. The summed E-state index contributed by atoms with van der Waals surface area (Å²) < 4.78 is 9.20. The Kier molecular flexibility index (Phi) is 6.44. The van der Waals surface area contributed by atoms with Crippen LogP contribution in [-0.2, 0) is 27.1 Å². The Labute approximate surface area is 198 Å². The summed E-state index contributed by atoms with van der Waals surface area (Å²) in [4.78, 5) is 40.3. The summed E-state index contributed by atoms with van der Waals surface area (Å²) in [5, 5.41) is 15.2. The van der Waals surface area contributed by atoms with Gasteiger partial charge in [-0.1, -0.05) is 24.3 Å². The smallest absolute Gasteiger partial charge is 0.332 e. The average molecular weight is 477 g/mol. The third-order valence-electron chi connectivity index (χ3n) is 5.59. The molecule has 0 saturated heterocycles. The molecule has 0 fully saturated rings. The molecule has 0 amide bonds. The number of nitro benzene ring substituents is 1. The molecule has 1 N–H and O–H groups in total. The van der Waals surface area contributed by atoms with Crippen molar-refractivity contribution < 1.29 is 9.66 Å². The molecule has 0 aliphatic carbocycles. The Balaban J connectivity index is 1.71. The van der Waals surface area contributed by atoms with Gasteiger partial charge in [0.25, 0.3) is 11.2 Å². The number of benzene rings is 2. The summed E-state index contributed by atoms with van der Waals surface area (Å²) in [5.74, 6) is 0.997. The lowest BCUT2D eigenvalue weighted by atomic mass is 10.1. The molecule has 0 saturated carbocycles. The van der Waals surface area contributed by atoms with Crippen LogP contribution < -0.4 is 21.4 Å². The molecule has 0 bridgehead atoms. The Morgan fingerprint density at radius 3 is 2.57 bits per heavy atom. The highest BCUT2D eigenvalue weighted by Crippen LogP contribution is 2.18. The van der Waals surface area contributed by atoms with E-state index >= 15 is 0 Å². The van der Waals surface area contributed by atoms with Crippen LogP contribution in [0, 0.1) is 10.1 Å². The molecule has 4 rings (SSSR count). The molecule has 12 nitrogen and oxygen atoms in total. The van der Waals surface area contributed by atoms with Gasteiger partial charge in [-0.3, -0.25) is 24.0 Å². The van der Waals surface area contributed by atoms with Gasteiger partial charge in [-0.05, 0) is 24.1 Å². The Morgan fingerprint density at radius 2 is 1.89 bits per heavy atom. The number of methoxy groups -OCH3 is 1. The van der Waals surface area contributed by atoms with Crippen LogP contribution in [0.1, 0.15) is 11.1 Å². The number of aryl methyl sites for hydroxylation is 3. The van der Waals surface area contributed by atoms with E-state index in [0.29, 0.717) is 18.5 Å². The van der Waals surface area contributed by atoms with Gasteiger partial charge in [0.1, 0.15) is 5.75 Å². The molecule has 0 aliphatic rings. The Hall–Kier alpha value is -4.74. The lowest BCUT2D eigenvalue weighted by Gasteiger charge is -2.10. The lowest BCUT2D eigenvalue weighted by molar-refractivity contribution is -0.384. The number of hydrogen-bond acceptors (Lipinski definition) is 8. The first-order valence-electron chi connectivity index (χ1n) is 10.6. The highest BCUT2D eigenvalue weighted by atomic mass is 16.6. The Morgan fingerprint density at radius 1 is 1.14 bits per heavy atom. The number of rotatable bonds is 8. The first-order valence-corrected chi connectivity index (χ1v) is 10.6. The number of imidazole rings is 1. The average Bonchev–Trinajstić information content (AvgIpc) is 3.23. The zero-order valence-corrected chi connectivity index (χ0v) is 19.3.